The Hall–Kier alpha value is -2.63. The monoisotopic (exact) mass is 314 g/mol. The van der Waals surface area contributed by atoms with Gasteiger partial charge in [-0.1, -0.05) is 30.3 Å². The van der Waals surface area contributed by atoms with Gasteiger partial charge in [-0.15, -0.1) is 0 Å². The number of benzene rings is 1. The van der Waals surface area contributed by atoms with Gasteiger partial charge in [-0.2, -0.15) is 5.10 Å². The van der Waals surface area contributed by atoms with Gasteiger partial charge in [0.1, 0.15) is 6.04 Å². The number of aromatic nitrogens is 2. The second kappa shape index (κ2) is 7.58. The van der Waals surface area contributed by atoms with Crippen molar-refractivity contribution in [2.75, 3.05) is 25.5 Å². The van der Waals surface area contributed by atoms with Crippen LogP contribution in [0.15, 0.2) is 47.4 Å². The van der Waals surface area contributed by atoms with E-state index in [-0.39, 0.29) is 11.5 Å². The number of carbonyl (C=O) groups excluding carboxylic acids is 1. The number of hydrogen-bond donors (Lipinski definition) is 1. The van der Waals surface area contributed by atoms with Crippen molar-refractivity contribution in [1.82, 2.24) is 15.1 Å². The third-order valence-corrected chi connectivity index (χ3v) is 3.82. The van der Waals surface area contributed by atoms with Gasteiger partial charge in [0.05, 0.1) is 11.9 Å². The fourth-order valence-corrected chi connectivity index (χ4v) is 2.30. The maximum Gasteiger partial charge on any atom is 0.269 e. The first-order valence-corrected chi connectivity index (χ1v) is 7.58. The van der Waals surface area contributed by atoms with Crippen LogP contribution >= 0.6 is 0 Å². The lowest BCUT2D eigenvalue weighted by molar-refractivity contribution is -0.123. The highest BCUT2D eigenvalue weighted by Gasteiger charge is 2.16. The summed E-state index contributed by atoms with van der Waals surface area (Å²) in [6, 6.07) is 11.1. The number of nitrogens with zero attached hydrogens (tertiary/aromatic N) is 3. The molecule has 1 atom stereocenters. The Labute approximate surface area is 135 Å². The number of carbonyl (C=O) groups is 1. The van der Waals surface area contributed by atoms with Gasteiger partial charge in [-0.05, 0) is 18.9 Å². The quantitative estimate of drug-likeness (QED) is 0.871. The number of likely N-dealkylation sites (N-methyl/N-ethyl adjacent to an activating group) is 2. The predicted molar refractivity (Wildman–Crippen MR) is 90.7 cm³/mol. The Bertz CT molecular complexity index is 712. The topological polar surface area (TPSA) is 67.2 Å². The molecular formula is C17H22N4O2. The summed E-state index contributed by atoms with van der Waals surface area (Å²) in [4.78, 5) is 25.8. The van der Waals surface area contributed by atoms with E-state index in [0.717, 1.165) is 18.7 Å². The van der Waals surface area contributed by atoms with Gasteiger partial charge in [0.25, 0.3) is 5.56 Å². The summed E-state index contributed by atoms with van der Waals surface area (Å²) in [5.74, 6) is -0.246. The average Bonchev–Trinajstić information content (AvgIpc) is 2.59. The van der Waals surface area contributed by atoms with Crippen molar-refractivity contribution in [3.05, 3.63) is 58.5 Å². The maximum absolute atomic E-state index is 12.2. The Morgan fingerprint density at radius 2 is 2.04 bits per heavy atom. The molecule has 2 aromatic rings. The third kappa shape index (κ3) is 4.18. The highest BCUT2D eigenvalue weighted by atomic mass is 16.2. The Morgan fingerprint density at radius 1 is 1.35 bits per heavy atom. The van der Waals surface area contributed by atoms with Crippen molar-refractivity contribution >= 4 is 11.6 Å². The lowest BCUT2D eigenvalue weighted by Crippen LogP contribution is -2.35. The minimum Gasteiger partial charge on any atom is -0.373 e. The summed E-state index contributed by atoms with van der Waals surface area (Å²) < 4.78 is 1.19. The molecule has 1 heterocycles. The first-order chi connectivity index (χ1) is 11.0. The Morgan fingerprint density at radius 3 is 2.65 bits per heavy atom. The molecule has 6 nitrogen and oxygen atoms in total. The van der Waals surface area contributed by atoms with E-state index in [2.05, 4.69) is 22.5 Å². The predicted octanol–water partition coefficient (Wildman–Crippen LogP) is 1.23. The highest BCUT2D eigenvalue weighted by Crippen LogP contribution is 2.10. The van der Waals surface area contributed by atoms with Crippen LogP contribution in [0.25, 0.3) is 0 Å². The largest absolute Gasteiger partial charge is 0.373 e. The van der Waals surface area contributed by atoms with Crippen LogP contribution in [-0.2, 0) is 11.2 Å². The van der Waals surface area contributed by atoms with Crippen molar-refractivity contribution in [3.63, 3.8) is 0 Å². The number of anilines is 1. The molecule has 1 aromatic carbocycles. The van der Waals surface area contributed by atoms with E-state index in [1.165, 1.54) is 23.4 Å². The number of rotatable bonds is 6. The standard InChI is InChI=1S/C17H22N4O2/c1-13(17(23)18-2)21-16(22)11-15(12-19-21)20(3)10-9-14-7-5-4-6-8-14/h4-8,11-13H,9-10H2,1-3H3,(H,18,23)/t13-/m0/s1. The smallest absolute Gasteiger partial charge is 0.269 e. The van der Waals surface area contributed by atoms with Gasteiger partial charge in [0.15, 0.2) is 0 Å². The zero-order chi connectivity index (χ0) is 16.8. The molecule has 0 radical (unpaired) electrons. The molecule has 0 bridgehead atoms. The third-order valence-electron chi connectivity index (χ3n) is 3.82. The zero-order valence-corrected chi connectivity index (χ0v) is 13.7. The van der Waals surface area contributed by atoms with Crippen LogP contribution in [0, 0.1) is 0 Å². The molecule has 0 unspecified atom stereocenters. The van der Waals surface area contributed by atoms with Gasteiger partial charge < -0.3 is 10.2 Å². The summed E-state index contributed by atoms with van der Waals surface area (Å²) in [5, 5.41) is 6.64. The SMILES string of the molecule is CNC(=O)[C@H](C)n1ncc(N(C)CCc2ccccc2)cc1=O. The summed E-state index contributed by atoms with van der Waals surface area (Å²) in [5.41, 5.74) is 1.70. The van der Waals surface area contributed by atoms with E-state index in [4.69, 9.17) is 0 Å². The first kappa shape index (κ1) is 16.7. The van der Waals surface area contributed by atoms with Crippen LogP contribution in [-0.4, -0.2) is 36.3 Å². The minimum atomic E-state index is -0.629. The minimum absolute atomic E-state index is 0.246. The lowest BCUT2D eigenvalue weighted by atomic mass is 10.1. The number of amides is 1. The van der Waals surface area contributed by atoms with Gasteiger partial charge in [0.2, 0.25) is 5.91 Å². The molecule has 1 aromatic heterocycles. The lowest BCUT2D eigenvalue weighted by Gasteiger charge is -2.20. The average molecular weight is 314 g/mol. The van der Waals surface area contributed by atoms with E-state index in [0.29, 0.717) is 0 Å². The van der Waals surface area contributed by atoms with Crippen LogP contribution in [0.1, 0.15) is 18.5 Å². The van der Waals surface area contributed by atoms with Crippen LogP contribution in [0.3, 0.4) is 0 Å². The molecule has 122 valence electrons. The molecule has 6 heteroatoms. The fourth-order valence-electron chi connectivity index (χ4n) is 2.30. The Balaban J connectivity index is 2.07. The summed E-state index contributed by atoms with van der Waals surface area (Å²) in [6.45, 7) is 2.42. The molecule has 0 aliphatic heterocycles. The molecule has 0 spiro atoms. The maximum atomic E-state index is 12.2. The molecule has 0 saturated carbocycles. The van der Waals surface area contributed by atoms with Crippen LogP contribution < -0.4 is 15.8 Å². The fraction of sp³-hybridized carbons (Fsp3) is 0.353. The van der Waals surface area contributed by atoms with E-state index in [9.17, 15) is 9.59 Å². The highest BCUT2D eigenvalue weighted by molar-refractivity contribution is 5.79. The van der Waals surface area contributed by atoms with E-state index in [1.54, 1.807) is 13.1 Å². The molecule has 23 heavy (non-hydrogen) atoms. The summed E-state index contributed by atoms with van der Waals surface area (Å²) in [6.07, 6.45) is 2.50. The molecule has 0 aliphatic rings. The first-order valence-electron chi connectivity index (χ1n) is 7.58. The number of hydrogen-bond acceptors (Lipinski definition) is 4. The van der Waals surface area contributed by atoms with Crippen molar-refractivity contribution in [2.24, 2.45) is 0 Å². The molecule has 1 N–H and O–H groups in total. The van der Waals surface area contributed by atoms with Crippen LogP contribution in [0.5, 0.6) is 0 Å². The number of nitrogens with one attached hydrogen (secondary N) is 1. The molecule has 1 amide bonds. The van der Waals surface area contributed by atoms with Crippen molar-refractivity contribution in [3.8, 4) is 0 Å². The van der Waals surface area contributed by atoms with Gasteiger partial charge in [0, 0.05) is 26.7 Å². The van der Waals surface area contributed by atoms with Crippen molar-refractivity contribution in [2.45, 2.75) is 19.4 Å². The molecular weight excluding hydrogens is 292 g/mol. The van der Waals surface area contributed by atoms with Gasteiger partial charge in [-0.25, -0.2) is 4.68 Å². The van der Waals surface area contributed by atoms with Gasteiger partial charge in [-0.3, -0.25) is 9.59 Å². The summed E-state index contributed by atoms with van der Waals surface area (Å²) in [7, 11) is 3.46. The van der Waals surface area contributed by atoms with Crippen molar-refractivity contribution < 1.29 is 4.79 Å². The van der Waals surface area contributed by atoms with E-state index < -0.39 is 6.04 Å². The van der Waals surface area contributed by atoms with Gasteiger partial charge >= 0.3 is 0 Å². The second-order valence-electron chi connectivity index (χ2n) is 5.44. The Kier molecular flexibility index (Phi) is 5.51. The molecule has 0 aliphatic carbocycles. The summed E-state index contributed by atoms with van der Waals surface area (Å²) >= 11 is 0. The normalized spacial score (nSPS) is 11.8. The second-order valence-corrected chi connectivity index (χ2v) is 5.44. The van der Waals surface area contributed by atoms with Crippen molar-refractivity contribution in [1.29, 1.82) is 0 Å². The molecule has 0 saturated heterocycles. The molecule has 0 fully saturated rings. The zero-order valence-electron chi connectivity index (χ0n) is 13.7. The van der Waals surface area contributed by atoms with E-state index in [1.807, 2.05) is 30.1 Å². The van der Waals surface area contributed by atoms with Crippen LogP contribution in [0.4, 0.5) is 5.69 Å². The van der Waals surface area contributed by atoms with Crippen LogP contribution in [0.2, 0.25) is 0 Å². The van der Waals surface area contributed by atoms with E-state index >= 15 is 0 Å². The molecule has 2 rings (SSSR count).